The van der Waals surface area contributed by atoms with Crippen molar-refractivity contribution in [1.29, 1.82) is 0 Å². The maximum atomic E-state index is 13.1. The number of hydrogen-bond acceptors (Lipinski definition) is 3. The Morgan fingerprint density at radius 1 is 1.45 bits per heavy atom. The van der Waals surface area contributed by atoms with Gasteiger partial charge in [-0.25, -0.2) is 9.18 Å². The van der Waals surface area contributed by atoms with Gasteiger partial charge in [0.25, 0.3) is 0 Å². The zero-order valence-electron chi connectivity index (χ0n) is 13.1. The summed E-state index contributed by atoms with van der Waals surface area (Å²) in [7, 11) is 1.37. The Bertz CT molecular complexity index is 535. The van der Waals surface area contributed by atoms with E-state index in [9.17, 15) is 19.1 Å². The van der Waals surface area contributed by atoms with Crippen LogP contribution in [0.1, 0.15) is 25.8 Å². The van der Waals surface area contributed by atoms with Crippen LogP contribution in [0.2, 0.25) is 0 Å². The molecule has 122 valence electrons. The highest BCUT2D eigenvalue weighted by Gasteiger charge is 2.35. The van der Waals surface area contributed by atoms with E-state index < -0.39 is 11.5 Å². The van der Waals surface area contributed by atoms with Gasteiger partial charge in [0.15, 0.2) is 5.54 Å². The van der Waals surface area contributed by atoms with Gasteiger partial charge in [-0.2, -0.15) is 0 Å². The van der Waals surface area contributed by atoms with Crippen LogP contribution in [0.3, 0.4) is 0 Å². The highest BCUT2D eigenvalue weighted by Crippen LogP contribution is 2.14. The lowest BCUT2D eigenvalue weighted by Crippen LogP contribution is -2.55. The fourth-order valence-corrected chi connectivity index (χ4v) is 2.25. The number of benzene rings is 1. The average molecular weight is 311 g/mol. The second-order valence-corrected chi connectivity index (χ2v) is 5.76. The number of carbonyl (C=O) groups excluding carboxylic acids is 1. The number of hydrogen-bond donors (Lipinski definition) is 2. The first-order valence-electron chi connectivity index (χ1n) is 7.04. The highest BCUT2D eigenvalue weighted by molar-refractivity contribution is 5.86. The fraction of sp³-hybridized carbons (Fsp3) is 0.500. The number of rotatable bonds is 8. The van der Waals surface area contributed by atoms with Gasteiger partial charge in [-0.05, 0) is 37.0 Å². The number of aliphatic carboxylic acids is 1. The van der Waals surface area contributed by atoms with Crippen molar-refractivity contribution in [2.75, 3.05) is 13.7 Å². The highest BCUT2D eigenvalue weighted by atomic mass is 19.1. The number of nitrogens with one attached hydrogen (secondary N) is 1. The van der Waals surface area contributed by atoms with Crippen LogP contribution in [0, 0.1) is 11.7 Å². The van der Waals surface area contributed by atoms with Crippen LogP contribution in [0.15, 0.2) is 24.3 Å². The molecule has 0 aromatic heterocycles. The summed E-state index contributed by atoms with van der Waals surface area (Å²) in [5, 5.41) is 11.7. The molecule has 2 unspecified atom stereocenters. The van der Waals surface area contributed by atoms with Gasteiger partial charge >= 0.3 is 5.97 Å². The normalized spacial score (nSPS) is 14.9. The number of halogens is 1. The molecule has 0 radical (unpaired) electrons. The summed E-state index contributed by atoms with van der Waals surface area (Å²) in [4.78, 5) is 23.2. The Morgan fingerprint density at radius 3 is 2.68 bits per heavy atom. The molecular weight excluding hydrogens is 289 g/mol. The number of methoxy groups -OCH3 is 1. The summed E-state index contributed by atoms with van der Waals surface area (Å²) in [6.45, 7) is 3.14. The van der Waals surface area contributed by atoms with E-state index >= 15 is 0 Å². The Hall–Kier alpha value is -1.95. The third-order valence-electron chi connectivity index (χ3n) is 3.33. The van der Waals surface area contributed by atoms with Crippen molar-refractivity contribution in [1.82, 2.24) is 5.32 Å². The van der Waals surface area contributed by atoms with Crippen LogP contribution in [0.4, 0.5) is 4.39 Å². The maximum Gasteiger partial charge on any atom is 0.331 e. The Kier molecular flexibility index (Phi) is 6.49. The minimum atomic E-state index is -1.45. The van der Waals surface area contributed by atoms with Crippen LogP contribution in [0.25, 0.3) is 0 Å². The van der Waals surface area contributed by atoms with Crippen molar-refractivity contribution in [3.05, 3.63) is 35.6 Å². The lowest BCUT2D eigenvalue weighted by atomic mass is 9.96. The van der Waals surface area contributed by atoms with Crippen molar-refractivity contribution in [2.24, 2.45) is 5.92 Å². The van der Waals surface area contributed by atoms with Gasteiger partial charge in [0.2, 0.25) is 5.91 Å². The van der Waals surface area contributed by atoms with Gasteiger partial charge in [-0.15, -0.1) is 0 Å². The van der Waals surface area contributed by atoms with Gasteiger partial charge in [0.05, 0.1) is 6.61 Å². The molecule has 1 amide bonds. The Labute approximate surface area is 129 Å². The largest absolute Gasteiger partial charge is 0.479 e. The Balaban J connectivity index is 2.58. The third kappa shape index (κ3) is 5.44. The standard InChI is InChI=1S/C16H22FNO4/c1-11(7-12-5-4-6-13(17)9-12)8-14(19)18-16(2,10-22-3)15(20)21/h4-6,9,11H,7-8,10H2,1-3H3,(H,18,19)(H,20,21). The molecule has 1 aromatic carbocycles. The predicted octanol–water partition coefficient (Wildman–Crippen LogP) is 2.00. The lowest BCUT2D eigenvalue weighted by molar-refractivity contribution is -0.149. The van der Waals surface area contributed by atoms with Gasteiger partial charge in [0, 0.05) is 13.5 Å². The number of ether oxygens (including phenoxy) is 1. The van der Waals surface area contributed by atoms with E-state index in [0.29, 0.717) is 6.42 Å². The van der Waals surface area contributed by atoms with E-state index in [1.165, 1.54) is 26.2 Å². The zero-order chi connectivity index (χ0) is 16.8. The first-order valence-corrected chi connectivity index (χ1v) is 7.04. The predicted molar refractivity (Wildman–Crippen MR) is 79.9 cm³/mol. The first kappa shape index (κ1) is 18.1. The molecule has 0 heterocycles. The van der Waals surface area contributed by atoms with E-state index in [4.69, 9.17) is 4.74 Å². The topological polar surface area (TPSA) is 75.6 Å². The monoisotopic (exact) mass is 311 g/mol. The van der Waals surface area contributed by atoms with Crippen molar-refractivity contribution < 1.29 is 23.8 Å². The molecule has 1 aromatic rings. The molecular formula is C16H22FNO4. The van der Waals surface area contributed by atoms with Crippen molar-refractivity contribution >= 4 is 11.9 Å². The summed E-state index contributed by atoms with van der Waals surface area (Å²) >= 11 is 0. The quantitative estimate of drug-likeness (QED) is 0.770. The van der Waals surface area contributed by atoms with Crippen LogP contribution in [-0.2, 0) is 20.7 Å². The SMILES string of the molecule is COCC(C)(NC(=O)CC(C)Cc1cccc(F)c1)C(=O)O. The van der Waals surface area contributed by atoms with Gasteiger partial charge in [-0.1, -0.05) is 19.1 Å². The molecule has 0 aliphatic carbocycles. The van der Waals surface area contributed by atoms with Gasteiger partial charge in [0.1, 0.15) is 5.82 Å². The minimum Gasteiger partial charge on any atom is -0.479 e. The molecule has 1 rings (SSSR count). The lowest BCUT2D eigenvalue weighted by Gasteiger charge is -2.26. The molecule has 0 aliphatic heterocycles. The summed E-state index contributed by atoms with van der Waals surface area (Å²) in [5.74, 6) is -1.87. The maximum absolute atomic E-state index is 13.1. The molecule has 22 heavy (non-hydrogen) atoms. The summed E-state index contributed by atoms with van der Waals surface area (Å²) in [5.41, 5.74) is -0.650. The first-order chi connectivity index (χ1) is 10.3. The zero-order valence-corrected chi connectivity index (χ0v) is 13.1. The molecule has 0 fully saturated rings. The molecule has 2 N–H and O–H groups in total. The summed E-state index contributed by atoms with van der Waals surface area (Å²) in [6, 6.07) is 6.21. The van der Waals surface area contributed by atoms with E-state index in [2.05, 4.69) is 5.32 Å². The van der Waals surface area contributed by atoms with Gasteiger partial charge in [-0.3, -0.25) is 4.79 Å². The molecule has 0 bridgehead atoms. The second kappa shape index (κ2) is 7.89. The number of carbonyl (C=O) groups is 2. The average Bonchev–Trinajstić information content (AvgIpc) is 2.37. The fourth-order valence-electron chi connectivity index (χ4n) is 2.25. The summed E-state index contributed by atoms with van der Waals surface area (Å²) in [6.07, 6.45) is 0.697. The van der Waals surface area contributed by atoms with E-state index in [1.54, 1.807) is 12.1 Å². The molecule has 0 saturated carbocycles. The minimum absolute atomic E-state index is 0.0395. The Morgan fingerprint density at radius 2 is 2.14 bits per heavy atom. The van der Waals surface area contributed by atoms with Gasteiger partial charge < -0.3 is 15.2 Å². The number of carboxylic acids is 1. The molecule has 5 nitrogen and oxygen atoms in total. The summed E-state index contributed by atoms with van der Waals surface area (Å²) < 4.78 is 18.0. The van der Waals surface area contributed by atoms with E-state index in [0.717, 1.165) is 5.56 Å². The van der Waals surface area contributed by atoms with Crippen LogP contribution < -0.4 is 5.32 Å². The third-order valence-corrected chi connectivity index (χ3v) is 3.33. The second-order valence-electron chi connectivity index (χ2n) is 5.76. The van der Waals surface area contributed by atoms with E-state index in [1.807, 2.05) is 6.92 Å². The van der Waals surface area contributed by atoms with Crippen LogP contribution in [0.5, 0.6) is 0 Å². The van der Waals surface area contributed by atoms with Crippen molar-refractivity contribution in [3.63, 3.8) is 0 Å². The van der Waals surface area contributed by atoms with Crippen molar-refractivity contribution in [2.45, 2.75) is 32.2 Å². The van der Waals surface area contributed by atoms with Crippen molar-refractivity contribution in [3.8, 4) is 0 Å². The smallest absolute Gasteiger partial charge is 0.331 e. The number of amides is 1. The molecule has 6 heteroatoms. The molecule has 2 atom stereocenters. The molecule has 0 spiro atoms. The number of carboxylic acid groups (broad SMARTS) is 1. The van der Waals surface area contributed by atoms with Crippen LogP contribution in [-0.4, -0.2) is 36.2 Å². The molecule has 0 aliphatic rings. The molecule has 0 saturated heterocycles. The van der Waals surface area contributed by atoms with Crippen LogP contribution >= 0.6 is 0 Å². The van der Waals surface area contributed by atoms with E-state index in [-0.39, 0.29) is 30.7 Å².